The van der Waals surface area contributed by atoms with Gasteiger partial charge >= 0.3 is 0 Å². The van der Waals surface area contributed by atoms with Crippen molar-refractivity contribution in [2.24, 2.45) is 10.6 Å². The molecule has 4 nitrogen and oxygen atoms in total. The van der Waals surface area contributed by atoms with Gasteiger partial charge in [0.25, 0.3) is 0 Å². The van der Waals surface area contributed by atoms with Gasteiger partial charge in [-0.3, -0.25) is 9.93 Å². The predicted molar refractivity (Wildman–Crippen MR) is 102 cm³/mol. The second-order valence-electron chi connectivity index (χ2n) is 6.74. The second-order valence-corrected chi connectivity index (χ2v) is 8.20. The molecule has 2 aliphatic rings. The van der Waals surface area contributed by atoms with Crippen LogP contribution in [0.2, 0.25) is 0 Å². The Kier molecular flexibility index (Phi) is 4.30. The van der Waals surface area contributed by atoms with Crippen LogP contribution in [0.3, 0.4) is 0 Å². The molecule has 130 valence electrons. The number of benzene rings is 1. The highest BCUT2D eigenvalue weighted by atomic mass is 32.2. The molecule has 0 radical (unpaired) electrons. The molecule has 2 aliphatic carbocycles. The van der Waals surface area contributed by atoms with Gasteiger partial charge in [0.05, 0.1) is 23.0 Å². The van der Waals surface area contributed by atoms with Gasteiger partial charge in [-0.05, 0) is 61.6 Å². The van der Waals surface area contributed by atoms with Crippen molar-refractivity contribution in [3.8, 4) is 5.69 Å². The van der Waals surface area contributed by atoms with Crippen LogP contribution in [0.25, 0.3) is 11.8 Å². The summed E-state index contributed by atoms with van der Waals surface area (Å²) in [5.74, 6) is -0.270. The number of fused-ring (bicyclic) bond motifs is 2. The highest BCUT2D eigenvalue weighted by molar-refractivity contribution is 7.97. The molecule has 0 amide bonds. The van der Waals surface area contributed by atoms with Crippen molar-refractivity contribution in [3.05, 3.63) is 53.1 Å². The maximum Gasteiger partial charge on any atom is 0.158 e. The number of carbonyl (C=O) groups is 1. The van der Waals surface area contributed by atoms with Crippen LogP contribution in [0.4, 0.5) is 4.39 Å². The van der Waals surface area contributed by atoms with Crippen molar-refractivity contribution in [2.45, 2.75) is 30.9 Å². The minimum atomic E-state index is -0.483. The standard InChI is InChI=1S/C18H19FN3OPS/c19-13-2-4-14(5-3-13)22-16-7-12-1-6-15(25-20)9-18(12,17(23)24)8-11(16)10-21-22/h2-5,7,10,15H,1,6,8-9,20,24H2. The lowest BCUT2D eigenvalue weighted by Crippen LogP contribution is -2.41. The third kappa shape index (κ3) is 2.77. The number of hydrogen-bond donors (Lipinski definition) is 1. The summed E-state index contributed by atoms with van der Waals surface area (Å²) >= 11 is 1.36. The van der Waals surface area contributed by atoms with E-state index in [1.807, 2.05) is 10.9 Å². The van der Waals surface area contributed by atoms with Crippen molar-refractivity contribution in [2.75, 3.05) is 0 Å². The molecule has 25 heavy (non-hydrogen) atoms. The Bertz CT molecular complexity index is 864. The lowest BCUT2D eigenvalue weighted by atomic mass is 9.65. The van der Waals surface area contributed by atoms with Crippen LogP contribution in [0.15, 0.2) is 36.0 Å². The molecule has 4 rings (SSSR count). The van der Waals surface area contributed by atoms with Gasteiger partial charge in [-0.2, -0.15) is 5.10 Å². The molecule has 3 atom stereocenters. The van der Waals surface area contributed by atoms with Crippen LogP contribution in [0.1, 0.15) is 30.5 Å². The van der Waals surface area contributed by atoms with Crippen LogP contribution in [-0.2, 0) is 11.2 Å². The topological polar surface area (TPSA) is 60.9 Å². The van der Waals surface area contributed by atoms with E-state index in [-0.39, 0.29) is 11.3 Å². The van der Waals surface area contributed by atoms with E-state index in [0.29, 0.717) is 11.7 Å². The molecule has 2 N–H and O–H groups in total. The monoisotopic (exact) mass is 375 g/mol. The third-order valence-corrected chi connectivity index (χ3v) is 6.69. The Labute approximate surface area is 152 Å². The zero-order valence-corrected chi connectivity index (χ0v) is 15.6. The zero-order valence-electron chi connectivity index (χ0n) is 13.6. The number of hydrogen-bond acceptors (Lipinski definition) is 4. The fourth-order valence-electron chi connectivity index (χ4n) is 4.00. The van der Waals surface area contributed by atoms with Gasteiger partial charge in [-0.15, -0.1) is 0 Å². The Morgan fingerprint density at radius 1 is 1.40 bits per heavy atom. The SMILES string of the molecule is NSC1CCC2=Cc3c(cnn3-c3ccc(F)cc3)CC2(C(=O)P)C1. The molecule has 7 heteroatoms. The largest absolute Gasteiger partial charge is 0.294 e. The summed E-state index contributed by atoms with van der Waals surface area (Å²) in [4.78, 5) is 12.5. The Morgan fingerprint density at radius 3 is 2.84 bits per heavy atom. The molecule has 0 aliphatic heterocycles. The van der Waals surface area contributed by atoms with E-state index in [1.165, 1.54) is 24.1 Å². The van der Waals surface area contributed by atoms with Crippen molar-refractivity contribution >= 4 is 32.8 Å². The van der Waals surface area contributed by atoms with Crippen molar-refractivity contribution < 1.29 is 9.18 Å². The first-order chi connectivity index (χ1) is 12.0. The van der Waals surface area contributed by atoms with Crippen LogP contribution in [-0.4, -0.2) is 20.6 Å². The minimum Gasteiger partial charge on any atom is -0.294 e. The zero-order chi connectivity index (χ0) is 17.6. The number of rotatable bonds is 3. The van der Waals surface area contributed by atoms with Crippen molar-refractivity contribution in [1.82, 2.24) is 9.78 Å². The summed E-state index contributed by atoms with van der Waals surface area (Å²) < 4.78 is 15.0. The van der Waals surface area contributed by atoms with E-state index >= 15 is 0 Å². The Hall–Kier alpha value is -1.49. The fourth-order valence-corrected chi connectivity index (χ4v) is 5.04. The highest BCUT2D eigenvalue weighted by Gasteiger charge is 2.47. The second kappa shape index (κ2) is 6.35. The summed E-state index contributed by atoms with van der Waals surface area (Å²) in [7, 11) is 2.38. The quantitative estimate of drug-likeness (QED) is 0.659. The molecule has 0 bridgehead atoms. The first-order valence-corrected chi connectivity index (χ1v) is 9.75. The molecule has 0 spiro atoms. The molecule has 1 heterocycles. The van der Waals surface area contributed by atoms with Crippen molar-refractivity contribution in [3.63, 3.8) is 0 Å². The average Bonchev–Trinajstić information content (AvgIpc) is 3.02. The molecular formula is C18H19FN3OPS. The van der Waals surface area contributed by atoms with Crippen LogP contribution in [0, 0.1) is 11.2 Å². The Balaban J connectivity index is 1.79. The maximum absolute atomic E-state index is 13.2. The van der Waals surface area contributed by atoms with E-state index in [4.69, 9.17) is 5.14 Å². The van der Waals surface area contributed by atoms with Gasteiger partial charge in [-0.1, -0.05) is 26.8 Å². The molecule has 1 aromatic carbocycles. The summed E-state index contributed by atoms with van der Waals surface area (Å²) in [6, 6.07) is 6.29. The van der Waals surface area contributed by atoms with Gasteiger partial charge in [-0.25, -0.2) is 9.07 Å². The highest BCUT2D eigenvalue weighted by Crippen LogP contribution is 2.51. The summed E-state index contributed by atoms with van der Waals surface area (Å²) in [6.07, 6.45) is 7.18. The van der Waals surface area contributed by atoms with E-state index in [1.54, 1.807) is 12.1 Å². The van der Waals surface area contributed by atoms with E-state index in [9.17, 15) is 9.18 Å². The van der Waals surface area contributed by atoms with E-state index < -0.39 is 5.41 Å². The van der Waals surface area contributed by atoms with Crippen LogP contribution < -0.4 is 5.14 Å². The predicted octanol–water partition coefficient (Wildman–Crippen LogP) is 3.50. The minimum absolute atomic E-state index is 0.123. The molecule has 1 saturated carbocycles. The number of allylic oxidation sites excluding steroid dienone is 1. The van der Waals surface area contributed by atoms with Gasteiger partial charge in [0.1, 0.15) is 5.82 Å². The molecule has 0 saturated heterocycles. The first kappa shape index (κ1) is 17.0. The van der Waals surface area contributed by atoms with Gasteiger partial charge < -0.3 is 0 Å². The summed E-state index contributed by atoms with van der Waals surface area (Å²) in [5, 5.41) is 10.6. The van der Waals surface area contributed by atoms with E-state index in [2.05, 4.69) is 20.4 Å². The van der Waals surface area contributed by atoms with Crippen molar-refractivity contribution in [1.29, 1.82) is 0 Å². The van der Waals surface area contributed by atoms with Gasteiger partial charge in [0.15, 0.2) is 5.52 Å². The normalized spacial score (nSPS) is 25.1. The smallest absolute Gasteiger partial charge is 0.158 e. The number of carbonyl (C=O) groups excluding carboxylic acids is 1. The summed E-state index contributed by atoms with van der Waals surface area (Å²) in [5.41, 5.74) is 3.65. The van der Waals surface area contributed by atoms with Crippen LogP contribution in [0.5, 0.6) is 0 Å². The number of aromatic nitrogens is 2. The van der Waals surface area contributed by atoms with Gasteiger partial charge in [0, 0.05) is 5.25 Å². The summed E-state index contributed by atoms with van der Waals surface area (Å²) in [6.45, 7) is 0. The number of halogens is 1. The van der Waals surface area contributed by atoms with Gasteiger partial charge in [0.2, 0.25) is 0 Å². The maximum atomic E-state index is 13.2. The third-order valence-electron chi connectivity index (χ3n) is 5.35. The van der Waals surface area contributed by atoms with Crippen LogP contribution >= 0.6 is 21.2 Å². The lowest BCUT2D eigenvalue weighted by molar-refractivity contribution is -0.118. The molecular weight excluding hydrogens is 356 g/mol. The fraction of sp³-hybridized carbons (Fsp3) is 0.333. The molecule has 1 fully saturated rings. The van der Waals surface area contributed by atoms with E-state index in [0.717, 1.165) is 41.8 Å². The first-order valence-electron chi connectivity index (χ1n) is 8.23. The number of nitrogens with two attached hydrogens (primary N) is 1. The lowest BCUT2D eigenvalue weighted by Gasteiger charge is -2.42. The Morgan fingerprint density at radius 2 is 2.16 bits per heavy atom. The number of nitrogens with zero attached hydrogens (tertiary/aromatic N) is 2. The molecule has 2 aromatic rings. The molecule has 1 aromatic heterocycles. The average molecular weight is 375 g/mol. The molecule has 3 unspecified atom stereocenters.